The van der Waals surface area contributed by atoms with Crippen LogP contribution in [0.25, 0.3) is 5.13 Å². The lowest BCUT2D eigenvalue weighted by atomic mass is 10.3. The molecule has 0 radical (unpaired) electrons. The Bertz CT molecular complexity index is 748. The molecule has 0 aliphatic rings. The van der Waals surface area contributed by atoms with Gasteiger partial charge in [-0.3, -0.25) is 9.56 Å². The van der Waals surface area contributed by atoms with Gasteiger partial charge in [0.2, 0.25) is 0 Å². The van der Waals surface area contributed by atoms with Crippen LogP contribution in [0, 0.1) is 0 Å². The SMILES string of the molecule is Clc1ccc(N=Cc2cccn2-c2nccs2)cc1Cl. The summed E-state index contributed by atoms with van der Waals surface area (Å²) in [6, 6.07) is 9.22. The van der Waals surface area contributed by atoms with Crippen LogP contribution in [0.5, 0.6) is 0 Å². The molecular formula is C14H9Cl2N3S. The highest BCUT2D eigenvalue weighted by molar-refractivity contribution is 7.12. The van der Waals surface area contributed by atoms with E-state index in [1.54, 1.807) is 35.9 Å². The molecule has 3 aromatic rings. The zero-order valence-corrected chi connectivity index (χ0v) is 12.5. The summed E-state index contributed by atoms with van der Waals surface area (Å²) in [5, 5.41) is 3.87. The van der Waals surface area contributed by atoms with Crippen molar-refractivity contribution in [3.05, 3.63) is 63.8 Å². The highest BCUT2D eigenvalue weighted by atomic mass is 35.5. The second kappa shape index (κ2) is 5.79. The number of benzene rings is 1. The quantitative estimate of drug-likeness (QED) is 0.625. The number of thiazole rings is 1. The Balaban J connectivity index is 1.90. The molecule has 3 rings (SSSR count). The van der Waals surface area contributed by atoms with E-state index in [4.69, 9.17) is 23.2 Å². The molecule has 6 heteroatoms. The van der Waals surface area contributed by atoms with Gasteiger partial charge in [0.1, 0.15) is 0 Å². The molecule has 2 heterocycles. The first kappa shape index (κ1) is 13.4. The summed E-state index contributed by atoms with van der Waals surface area (Å²) in [7, 11) is 0. The molecule has 1 aromatic carbocycles. The summed E-state index contributed by atoms with van der Waals surface area (Å²) >= 11 is 13.4. The number of aromatic nitrogens is 2. The minimum Gasteiger partial charge on any atom is -0.292 e. The monoisotopic (exact) mass is 321 g/mol. The first-order valence-corrected chi connectivity index (χ1v) is 7.44. The number of aliphatic imine (C=N–C) groups is 1. The number of hydrogen-bond donors (Lipinski definition) is 0. The summed E-state index contributed by atoms with van der Waals surface area (Å²) in [4.78, 5) is 8.69. The van der Waals surface area contributed by atoms with Crippen molar-refractivity contribution >= 4 is 46.4 Å². The Labute approximate surface area is 130 Å². The molecule has 0 saturated heterocycles. The maximum absolute atomic E-state index is 5.97. The van der Waals surface area contributed by atoms with E-state index in [1.807, 2.05) is 34.3 Å². The summed E-state index contributed by atoms with van der Waals surface area (Å²) < 4.78 is 1.98. The van der Waals surface area contributed by atoms with Crippen LogP contribution < -0.4 is 0 Å². The Morgan fingerprint density at radius 2 is 2.10 bits per heavy atom. The highest BCUT2D eigenvalue weighted by Crippen LogP contribution is 2.26. The number of nitrogens with zero attached hydrogens (tertiary/aromatic N) is 3. The maximum Gasteiger partial charge on any atom is 0.193 e. The Kier molecular flexibility index (Phi) is 3.87. The number of rotatable bonds is 3. The molecule has 0 fully saturated rings. The van der Waals surface area contributed by atoms with Gasteiger partial charge in [-0.05, 0) is 30.3 Å². The Morgan fingerprint density at radius 3 is 2.85 bits per heavy atom. The normalized spacial score (nSPS) is 11.3. The molecule has 0 N–H and O–H groups in total. The van der Waals surface area contributed by atoms with Gasteiger partial charge < -0.3 is 0 Å². The molecule has 3 nitrogen and oxygen atoms in total. The third-order valence-electron chi connectivity index (χ3n) is 2.65. The predicted octanol–water partition coefficient (Wildman–Crippen LogP) is 4.99. The van der Waals surface area contributed by atoms with E-state index < -0.39 is 0 Å². The molecule has 0 atom stereocenters. The largest absolute Gasteiger partial charge is 0.292 e. The average molecular weight is 322 g/mol. The van der Waals surface area contributed by atoms with Crippen molar-refractivity contribution in [1.82, 2.24) is 9.55 Å². The van der Waals surface area contributed by atoms with Gasteiger partial charge in [0.05, 0.1) is 27.6 Å². The van der Waals surface area contributed by atoms with E-state index >= 15 is 0 Å². The fourth-order valence-electron chi connectivity index (χ4n) is 1.71. The number of hydrogen-bond acceptors (Lipinski definition) is 3. The summed E-state index contributed by atoms with van der Waals surface area (Å²) in [5.74, 6) is 0. The third kappa shape index (κ3) is 2.77. The van der Waals surface area contributed by atoms with Crippen LogP contribution in [0.3, 0.4) is 0 Å². The van der Waals surface area contributed by atoms with Crippen molar-refractivity contribution in [1.29, 1.82) is 0 Å². The third-order valence-corrected chi connectivity index (χ3v) is 4.16. The molecule has 100 valence electrons. The smallest absolute Gasteiger partial charge is 0.193 e. The topological polar surface area (TPSA) is 30.2 Å². The minimum atomic E-state index is 0.497. The average Bonchev–Trinajstić information content (AvgIpc) is 3.09. The van der Waals surface area contributed by atoms with Crippen molar-refractivity contribution in [2.45, 2.75) is 0 Å². The molecule has 0 unspecified atom stereocenters. The van der Waals surface area contributed by atoms with E-state index in [-0.39, 0.29) is 0 Å². The van der Waals surface area contributed by atoms with Gasteiger partial charge in [0.25, 0.3) is 0 Å². The molecule has 2 aromatic heterocycles. The van der Waals surface area contributed by atoms with E-state index in [0.29, 0.717) is 10.0 Å². The predicted molar refractivity (Wildman–Crippen MR) is 85.2 cm³/mol. The summed E-state index contributed by atoms with van der Waals surface area (Å²) in [6.07, 6.45) is 5.51. The molecule has 0 amide bonds. The van der Waals surface area contributed by atoms with Gasteiger partial charge in [-0.15, -0.1) is 11.3 Å². The summed E-state index contributed by atoms with van der Waals surface area (Å²) in [5.41, 5.74) is 1.71. The van der Waals surface area contributed by atoms with Crippen LogP contribution in [0.4, 0.5) is 5.69 Å². The van der Waals surface area contributed by atoms with Gasteiger partial charge in [-0.1, -0.05) is 23.2 Å². The lowest BCUT2D eigenvalue weighted by Gasteiger charge is -2.01. The maximum atomic E-state index is 5.97. The van der Waals surface area contributed by atoms with Crippen LogP contribution in [-0.4, -0.2) is 15.8 Å². The second-order valence-corrected chi connectivity index (χ2v) is 5.66. The van der Waals surface area contributed by atoms with Gasteiger partial charge in [0.15, 0.2) is 5.13 Å². The first-order chi connectivity index (χ1) is 9.74. The van der Waals surface area contributed by atoms with Crippen molar-refractivity contribution in [2.75, 3.05) is 0 Å². The van der Waals surface area contributed by atoms with Crippen LogP contribution in [-0.2, 0) is 0 Å². The molecule has 0 aliphatic carbocycles. The van der Waals surface area contributed by atoms with Crippen molar-refractivity contribution < 1.29 is 0 Å². The first-order valence-electron chi connectivity index (χ1n) is 5.80. The fourth-order valence-corrected chi connectivity index (χ4v) is 2.65. The number of halogens is 2. The van der Waals surface area contributed by atoms with Gasteiger partial charge in [-0.2, -0.15) is 0 Å². The van der Waals surface area contributed by atoms with Gasteiger partial charge in [-0.25, -0.2) is 4.98 Å². The molecule has 0 spiro atoms. The second-order valence-electron chi connectivity index (χ2n) is 3.97. The molecular weight excluding hydrogens is 313 g/mol. The fraction of sp³-hybridized carbons (Fsp3) is 0. The Hall–Kier alpha value is -1.62. The highest BCUT2D eigenvalue weighted by Gasteiger charge is 2.03. The lowest BCUT2D eigenvalue weighted by molar-refractivity contribution is 1.04. The van der Waals surface area contributed by atoms with Gasteiger partial charge >= 0.3 is 0 Å². The van der Waals surface area contributed by atoms with Crippen molar-refractivity contribution in [3.8, 4) is 5.13 Å². The summed E-state index contributed by atoms with van der Waals surface area (Å²) in [6.45, 7) is 0. The minimum absolute atomic E-state index is 0.497. The van der Waals surface area contributed by atoms with E-state index in [0.717, 1.165) is 16.5 Å². The van der Waals surface area contributed by atoms with Crippen LogP contribution in [0.2, 0.25) is 10.0 Å². The zero-order chi connectivity index (χ0) is 13.9. The van der Waals surface area contributed by atoms with Crippen LogP contribution >= 0.6 is 34.5 Å². The Morgan fingerprint density at radius 1 is 1.20 bits per heavy atom. The molecule has 0 bridgehead atoms. The van der Waals surface area contributed by atoms with Crippen LogP contribution in [0.1, 0.15) is 5.69 Å². The lowest BCUT2D eigenvalue weighted by Crippen LogP contribution is -1.96. The molecule has 0 saturated carbocycles. The zero-order valence-electron chi connectivity index (χ0n) is 10.2. The van der Waals surface area contributed by atoms with Crippen molar-refractivity contribution in [3.63, 3.8) is 0 Å². The standard InChI is InChI=1S/C14H9Cl2N3S/c15-12-4-3-10(8-13(12)16)18-9-11-2-1-6-19(11)14-17-5-7-20-14/h1-9H. The van der Waals surface area contributed by atoms with Gasteiger partial charge in [0, 0.05) is 17.8 Å². The van der Waals surface area contributed by atoms with Crippen LogP contribution in [0.15, 0.2) is 53.1 Å². The van der Waals surface area contributed by atoms with E-state index in [1.165, 1.54) is 0 Å². The molecule has 20 heavy (non-hydrogen) atoms. The van der Waals surface area contributed by atoms with Crippen molar-refractivity contribution in [2.24, 2.45) is 4.99 Å². The van der Waals surface area contributed by atoms with E-state index in [9.17, 15) is 0 Å². The molecule has 0 aliphatic heterocycles. The van der Waals surface area contributed by atoms with E-state index in [2.05, 4.69) is 9.98 Å².